The summed E-state index contributed by atoms with van der Waals surface area (Å²) in [4.78, 5) is 7.17. The van der Waals surface area contributed by atoms with Crippen LogP contribution in [0.1, 0.15) is 24.9 Å². The number of anilines is 1. The van der Waals surface area contributed by atoms with Gasteiger partial charge < -0.3 is 14.7 Å². The number of amidine groups is 1. The molecule has 4 nitrogen and oxygen atoms in total. The highest BCUT2D eigenvalue weighted by atomic mass is 16.5. The molecule has 2 unspecified atom stereocenters. The molecule has 0 saturated carbocycles. The molecular formula is C25H26N2O2. The van der Waals surface area contributed by atoms with Crippen molar-refractivity contribution in [3.63, 3.8) is 0 Å². The van der Waals surface area contributed by atoms with Crippen molar-refractivity contribution in [1.29, 1.82) is 0 Å². The average molecular weight is 386 g/mol. The number of aliphatic hydroxyl groups excluding tert-OH is 1. The van der Waals surface area contributed by atoms with E-state index >= 15 is 0 Å². The largest absolute Gasteiger partial charge is 0.493 e. The van der Waals surface area contributed by atoms with Crippen LogP contribution in [0.2, 0.25) is 0 Å². The van der Waals surface area contributed by atoms with Gasteiger partial charge in [0, 0.05) is 24.6 Å². The monoisotopic (exact) mass is 386 g/mol. The van der Waals surface area contributed by atoms with Crippen LogP contribution in [0.5, 0.6) is 5.75 Å². The van der Waals surface area contributed by atoms with Gasteiger partial charge in [0.15, 0.2) is 0 Å². The molecule has 0 amide bonds. The molecule has 1 saturated heterocycles. The Hall–Kier alpha value is -3.11. The van der Waals surface area contributed by atoms with E-state index in [1.165, 1.54) is 5.56 Å². The van der Waals surface area contributed by atoms with Gasteiger partial charge in [-0.2, -0.15) is 0 Å². The lowest BCUT2D eigenvalue weighted by Gasteiger charge is -2.44. The lowest BCUT2D eigenvalue weighted by Crippen LogP contribution is -2.46. The van der Waals surface area contributed by atoms with Crippen molar-refractivity contribution in [2.45, 2.75) is 19.4 Å². The summed E-state index contributed by atoms with van der Waals surface area (Å²) in [5.74, 6) is 2.00. The molecule has 2 atom stereocenters. The normalized spacial score (nSPS) is 18.3. The van der Waals surface area contributed by atoms with Crippen molar-refractivity contribution in [1.82, 2.24) is 0 Å². The highest BCUT2D eigenvalue weighted by Gasteiger charge is 2.36. The third-order valence-electron chi connectivity index (χ3n) is 5.13. The Bertz CT molecular complexity index is 940. The Morgan fingerprint density at radius 2 is 1.62 bits per heavy atom. The van der Waals surface area contributed by atoms with E-state index in [-0.39, 0.29) is 18.6 Å². The van der Waals surface area contributed by atoms with Gasteiger partial charge in [-0.3, -0.25) is 0 Å². The van der Waals surface area contributed by atoms with E-state index in [0.29, 0.717) is 6.61 Å². The molecule has 1 fully saturated rings. The van der Waals surface area contributed by atoms with E-state index in [9.17, 15) is 0 Å². The summed E-state index contributed by atoms with van der Waals surface area (Å²) < 4.78 is 5.77. The SMILES string of the molecule is CC(CO)COc1ccc(N2C(=Nc3ccccc3)CC2c2ccccc2)cc1. The standard InChI is InChI=1S/C25H26N2O2/c1-19(17-28)18-29-23-14-12-22(13-15-23)27-24(20-8-4-2-5-9-20)16-25(27)26-21-10-6-3-7-11-21/h2-15,19,24,28H,16-18H2,1H3. The summed E-state index contributed by atoms with van der Waals surface area (Å²) >= 11 is 0. The van der Waals surface area contributed by atoms with Crippen LogP contribution in [0.15, 0.2) is 89.9 Å². The number of rotatable bonds is 7. The minimum Gasteiger partial charge on any atom is -0.493 e. The van der Waals surface area contributed by atoms with Gasteiger partial charge in [-0.25, -0.2) is 4.99 Å². The van der Waals surface area contributed by atoms with E-state index in [4.69, 9.17) is 14.8 Å². The van der Waals surface area contributed by atoms with Gasteiger partial charge in [0.25, 0.3) is 0 Å². The molecule has 29 heavy (non-hydrogen) atoms. The molecule has 1 N–H and O–H groups in total. The molecule has 4 rings (SSSR count). The number of aliphatic hydroxyl groups is 1. The fourth-order valence-electron chi connectivity index (χ4n) is 3.45. The molecule has 0 spiro atoms. The molecule has 3 aromatic rings. The van der Waals surface area contributed by atoms with E-state index in [1.807, 2.05) is 55.5 Å². The first-order chi connectivity index (χ1) is 14.2. The van der Waals surface area contributed by atoms with Gasteiger partial charge in [-0.15, -0.1) is 0 Å². The maximum absolute atomic E-state index is 9.16. The Morgan fingerprint density at radius 3 is 2.28 bits per heavy atom. The number of hydrogen-bond acceptors (Lipinski definition) is 3. The molecule has 0 aliphatic carbocycles. The second-order valence-corrected chi connectivity index (χ2v) is 7.46. The first-order valence-corrected chi connectivity index (χ1v) is 10.0. The van der Waals surface area contributed by atoms with Crippen LogP contribution in [0.4, 0.5) is 11.4 Å². The molecule has 4 heteroatoms. The molecule has 0 radical (unpaired) electrons. The van der Waals surface area contributed by atoms with Gasteiger partial charge in [0.05, 0.1) is 18.3 Å². The zero-order valence-electron chi connectivity index (χ0n) is 16.6. The van der Waals surface area contributed by atoms with Gasteiger partial charge in [-0.05, 0) is 42.0 Å². The fourth-order valence-corrected chi connectivity index (χ4v) is 3.45. The summed E-state index contributed by atoms with van der Waals surface area (Å²) in [6.45, 7) is 2.60. The number of hydrogen-bond donors (Lipinski definition) is 1. The van der Waals surface area contributed by atoms with E-state index in [0.717, 1.165) is 29.4 Å². The predicted octanol–water partition coefficient (Wildman–Crippen LogP) is 5.38. The van der Waals surface area contributed by atoms with E-state index < -0.39 is 0 Å². The van der Waals surface area contributed by atoms with Crippen molar-refractivity contribution in [2.75, 3.05) is 18.1 Å². The van der Waals surface area contributed by atoms with Gasteiger partial charge >= 0.3 is 0 Å². The van der Waals surface area contributed by atoms with Gasteiger partial charge in [0.1, 0.15) is 11.6 Å². The van der Waals surface area contributed by atoms with Crippen LogP contribution in [0.25, 0.3) is 0 Å². The van der Waals surface area contributed by atoms with Crippen molar-refractivity contribution >= 4 is 17.2 Å². The highest BCUT2D eigenvalue weighted by molar-refractivity contribution is 6.06. The third-order valence-corrected chi connectivity index (χ3v) is 5.13. The minimum absolute atomic E-state index is 0.122. The van der Waals surface area contributed by atoms with Crippen LogP contribution in [0.3, 0.4) is 0 Å². The average Bonchev–Trinajstić information content (AvgIpc) is 2.77. The molecule has 3 aromatic carbocycles. The van der Waals surface area contributed by atoms with Crippen molar-refractivity contribution < 1.29 is 9.84 Å². The number of nitrogens with zero attached hydrogens (tertiary/aromatic N) is 2. The smallest absolute Gasteiger partial charge is 0.119 e. The molecule has 1 aliphatic rings. The van der Waals surface area contributed by atoms with Crippen LogP contribution in [-0.4, -0.2) is 24.2 Å². The molecule has 1 aliphatic heterocycles. The topological polar surface area (TPSA) is 45.1 Å². The summed E-state index contributed by atoms with van der Waals surface area (Å²) in [7, 11) is 0. The van der Waals surface area contributed by atoms with Crippen molar-refractivity contribution in [2.24, 2.45) is 10.9 Å². The van der Waals surface area contributed by atoms with Crippen molar-refractivity contribution in [3.05, 3.63) is 90.5 Å². The number of para-hydroxylation sites is 1. The van der Waals surface area contributed by atoms with E-state index in [1.54, 1.807) is 0 Å². The maximum atomic E-state index is 9.16. The quantitative estimate of drug-likeness (QED) is 0.593. The molecule has 1 heterocycles. The zero-order valence-corrected chi connectivity index (χ0v) is 16.6. The summed E-state index contributed by atoms with van der Waals surface area (Å²) in [6, 6.07) is 29.0. The maximum Gasteiger partial charge on any atom is 0.119 e. The van der Waals surface area contributed by atoms with Crippen molar-refractivity contribution in [3.8, 4) is 5.75 Å². The highest BCUT2D eigenvalue weighted by Crippen LogP contribution is 2.41. The van der Waals surface area contributed by atoms with Crippen LogP contribution in [0, 0.1) is 5.92 Å². The van der Waals surface area contributed by atoms with Crippen LogP contribution in [-0.2, 0) is 0 Å². The Balaban J connectivity index is 1.58. The Kier molecular flexibility index (Phi) is 5.92. The van der Waals surface area contributed by atoms with Crippen LogP contribution >= 0.6 is 0 Å². The number of aliphatic imine (C=N–C) groups is 1. The van der Waals surface area contributed by atoms with E-state index in [2.05, 4.69) is 41.3 Å². The van der Waals surface area contributed by atoms with Crippen LogP contribution < -0.4 is 9.64 Å². The minimum atomic E-state index is 0.122. The summed E-state index contributed by atoms with van der Waals surface area (Å²) in [6.07, 6.45) is 0.908. The number of ether oxygens (including phenoxy) is 1. The van der Waals surface area contributed by atoms with Gasteiger partial charge in [-0.1, -0.05) is 55.5 Å². The zero-order chi connectivity index (χ0) is 20.1. The van der Waals surface area contributed by atoms with Gasteiger partial charge in [0.2, 0.25) is 0 Å². The first kappa shape index (κ1) is 19.2. The predicted molar refractivity (Wildman–Crippen MR) is 118 cm³/mol. The fraction of sp³-hybridized carbons (Fsp3) is 0.240. The Labute approximate surface area is 172 Å². The molecule has 0 bridgehead atoms. The second kappa shape index (κ2) is 8.93. The Morgan fingerprint density at radius 1 is 0.966 bits per heavy atom. The molecular weight excluding hydrogens is 360 g/mol. The second-order valence-electron chi connectivity index (χ2n) is 7.46. The lowest BCUT2D eigenvalue weighted by molar-refractivity contribution is 0.174. The summed E-state index contributed by atoms with van der Waals surface area (Å²) in [5, 5.41) is 9.16. The molecule has 148 valence electrons. The number of benzene rings is 3. The first-order valence-electron chi connectivity index (χ1n) is 10.0. The lowest BCUT2D eigenvalue weighted by atomic mass is 9.92. The third kappa shape index (κ3) is 4.49. The summed E-state index contributed by atoms with van der Waals surface area (Å²) in [5.41, 5.74) is 3.36. The molecule has 0 aromatic heterocycles.